The first kappa shape index (κ1) is 23.4. The summed E-state index contributed by atoms with van der Waals surface area (Å²) in [4.78, 5) is 13.8. The third-order valence-electron chi connectivity index (χ3n) is 4.50. The van der Waals surface area contributed by atoms with Crippen LogP contribution < -0.4 is 5.32 Å². The van der Waals surface area contributed by atoms with E-state index in [0.717, 1.165) is 17.8 Å². The van der Waals surface area contributed by atoms with Crippen LogP contribution in [-0.4, -0.2) is 26.4 Å². The number of thioether (sulfide) groups is 1. The number of rotatable bonds is 7. The average molecular weight is 504 g/mol. The quantitative estimate of drug-likeness (QED) is 0.275. The number of hydrogen-bond donors (Lipinski definition) is 1. The molecule has 1 N–H and O–H groups in total. The molecule has 0 radical (unpaired) electrons. The summed E-state index contributed by atoms with van der Waals surface area (Å²) < 4.78 is 2.07. The van der Waals surface area contributed by atoms with Crippen LogP contribution in [0.1, 0.15) is 37.3 Å². The van der Waals surface area contributed by atoms with E-state index in [1.165, 1.54) is 34.3 Å². The van der Waals surface area contributed by atoms with E-state index in [0.29, 0.717) is 25.9 Å². The lowest BCUT2D eigenvalue weighted by Crippen LogP contribution is -2.15. The Morgan fingerprint density at radius 3 is 2.57 bits per heavy atom. The fourth-order valence-corrected chi connectivity index (χ4v) is 5.47. The summed E-state index contributed by atoms with van der Waals surface area (Å²) in [6.45, 7) is 8.43. The maximum Gasteiger partial charge on any atom is 0.234 e. The Bertz CT molecular complexity index is 1080. The second-order valence-corrected chi connectivity index (χ2v) is 10.1. The van der Waals surface area contributed by atoms with Crippen molar-refractivity contribution in [2.75, 3.05) is 11.1 Å². The molecule has 0 aliphatic carbocycles. The van der Waals surface area contributed by atoms with E-state index >= 15 is 0 Å². The van der Waals surface area contributed by atoms with Gasteiger partial charge in [-0.05, 0) is 44.9 Å². The number of amides is 1. The minimum absolute atomic E-state index is 0.148. The molecule has 5 nitrogen and oxygen atoms in total. The van der Waals surface area contributed by atoms with Gasteiger partial charge in [-0.1, -0.05) is 53.5 Å². The van der Waals surface area contributed by atoms with Crippen molar-refractivity contribution in [2.24, 2.45) is 0 Å². The maximum atomic E-state index is 12.5. The summed E-state index contributed by atoms with van der Waals surface area (Å²) in [5.74, 6) is 0.771. The van der Waals surface area contributed by atoms with E-state index in [1.807, 2.05) is 0 Å². The molecule has 3 aromatic rings. The molecule has 2 heterocycles. The number of aromatic nitrogens is 3. The van der Waals surface area contributed by atoms with Crippen LogP contribution in [-0.2, 0) is 11.2 Å². The minimum atomic E-state index is -0.222. The van der Waals surface area contributed by atoms with Crippen molar-refractivity contribution in [3.05, 3.63) is 43.0 Å². The first-order valence-corrected chi connectivity index (χ1v) is 12.3. The SMILES string of the molecule is CCc1c(-c2nnc(SCC(=O)Nc3cc(Cl)c(Cl)cc3Cl)n2C(C)C)csc1C. The van der Waals surface area contributed by atoms with Crippen molar-refractivity contribution in [1.82, 2.24) is 14.8 Å². The Kier molecular flexibility index (Phi) is 7.74. The molecule has 160 valence electrons. The first-order chi connectivity index (χ1) is 14.2. The molecule has 1 aromatic carbocycles. The monoisotopic (exact) mass is 502 g/mol. The van der Waals surface area contributed by atoms with Crippen molar-refractivity contribution in [3.8, 4) is 11.4 Å². The summed E-state index contributed by atoms with van der Waals surface area (Å²) in [7, 11) is 0. The third-order valence-corrected chi connectivity index (χ3v) is 7.43. The Labute approximate surface area is 199 Å². The van der Waals surface area contributed by atoms with Crippen LogP contribution in [0.3, 0.4) is 0 Å². The molecule has 0 fully saturated rings. The number of halogens is 3. The van der Waals surface area contributed by atoms with Crippen LogP contribution in [0.2, 0.25) is 15.1 Å². The van der Waals surface area contributed by atoms with Crippen LogP contribution in [0.4, 0.5) is 5.69 Å². The van der Waals surface area contributed by atoms with Gasteiger partial charge in [-0.15, -0.1) is 21.5 Å². The Morgan fingerprint density at radius 1 is 1.20 bits per heavy atom. The average Bonchev–Trinajstić information content (AvgIpc) is 3.27. The zero-order valence-electron chi connectivity index (χ0n) is 16.9. The molecule has 0 atom stereocenters. The van der Waals surface area contributed by atoms with Gasteiger partial charge in [0.25, 0.3) is 0 Å². The lowest BCUT2D eigenvalue weighted by atomic mass is 10.1. The highest BCUT2D eigenvalue weighted by molar-refractivity contribution is 7.99. The van der Waals surface area contributed by atoms with Crippen LogP contribution in [0.15, 0.2) is 22.7 Å². The summed E-state index contributed by atoms with van der Waals surface area (Å²) >= 11 is 21.1. The fraction of sp³-hybridized carbons (Fsp3) is 0.350. The van der Waals surface area contributed by atoms with Gasteiger partial charge in [0, 0.05) is 21.9 Å². The van der Waals surface area contributed by atoms with Gasteiger partial charge in [0.2, 0.25) is 5.91 Å². The van der Waals surface area contributed by atoms with E-state index in [9.17, 15) is 4.79 Å². The van der Waals surface area contributed by atoms with Crippen LogP contribution in [0.25, 0.3) is 11.4 Å². The van der Waals surface area contributed by atoms with Gasteiger partial charge in [0.05, 0.1) is 26.5 Å². The van der Waals surface area contributed by atoms with Crippen LogP contribution in [0, 0.1) is 6.92 Å². The topological polar surface area (TPSA) is 59.8 Å². The number of carbonyl (C=O) groups is 1. The predicted molar refractivity (Wildman–Crippen MR) is 129 cm³/mol. The Hall–Kier alpha value is -1.25. The molecule has 30 heavy (non-hydrogen) atoms. The van der Waals surface area contributed by atoms with Crippen molar-refractivity contribution >= 4 is 69.5 Å². The number of benzene rings is 1. The summed E-state index contributed by atoms with van der Waals surface area (Å²) in [6, 6.07) is 3.19. The largest absolute Gasteiger partial charge is 0.324 e. The molecule has 0 unspecified atom stereocenters. The van der Waals surface area contributed by atoms with E-state index in [2.05, 4.69) is 53.2 Å². The van der Waals surface area contributed by atoms with Crippen molar-refractivity contribution in [2.45, 2.75) is 45.3 Å². The van der Waals surface area contributed by atoms with Gasteiger partial charge in [-0.3, -0.25) is 9.36 Å². The Balaban J connectivity index is 1.78. The zero-order chi connectivity index (χ0) is 22.0. The third kappa shape index (κ3) is 4.97. The summed E-state index contributed by atoms with van der Waals surface area (Å²) in [5.41, 5.74) is 2.82. The molecular formula is C20H21Cl3N4OS2. The molecule has 3 rings (SSSR count). The van der Waals surface area contributed by atoms with Gasteiger partial charge >= 0.3 is 0 Å². The number of nitrogens with one attached hydrogen (secondary N) is 1. The maximum absolute atomic E-state index is 12.5. The van der Waals surface area contributed by atoms with E-state index in [1.54, 1.807) is 11.3 Å². The highest BCUT2D eigenvalue weighted by Crippen LogP contribution is 2.35. The second-order valence-electron chi connectivity index (χ2n) is 6.89. The number of aryl methyl sites for hydroxylation is 1. The molecule has 2 aromatic heterocycles. The minimum Gasteiger partial charge on any atom is -0.324 e. The lowest BCUT2D eigenvalue weighted by molar-refractivity contribution is -0.113. The highest BCUT2D eigenvalue weighted by Gasteiger charge is 2.21. The van der Waals surface area contributed by atoms with Gasteiger partial charge in [0.15, 0.2) is 11.0 Å². The highest BCUT2D eigenvalue weighted by atomic mass is 35.5. The number of anilines is 1. The predicted octanol–water partition coefficient (Wildman–Crippen LogP) is 7.15. The van der Waals surface area contributed by atoms with E-state index < -0.39 is 0 Å². The summed E-state index contributed by atoms with van der Waals surface area (Å²) in [5, 5.41) is 15.4. The van der Waals surface area contributed by atoms with Crippen LogP contribution >= 0.6 is 57.9 Å². The number of nitrogens with zero attached hydrogens (tertiary/aromatic N) is 3. The standard InChI is InChI=1S/C20H21Cl3N4OS2/c1-5-12-11(4)29-8-13(12)19-25-26-20(27(19)10(2)3)30-9-18(28)24-17-7-15(22)14(21)6-16(17)23/h6-8,10H,5,9H2,1-4H3,(H,24,28). The number of hydrogen-bond acceptors (Lipinski definition) is 5. The van der Waals surface area contributed by atoms with E-state index in [4.69, 9.17) is 34.8 Å². The Morgan fingerprint density at radius 2 is 1.90 bits per heavy atom. The normalized spacial score (nSPS) is 11.3. The van der Waals surface area contributed by atoms with Crippen molar-refractivity contribution < 1.29 is 4.79 Å². The molecule has 0 saturated carbocycles. The van der Waals surface area contributed by atoms with Gasteiger partial charge in [0.1, 0.15) is 0 Å². The molecule has 1 amide bonds. The molecule has 0 aliphatic rings. The number of carbonyl (C=O) groups excluding carboxylic acids is 1. The van der Waals surface area contributed by atoms with Gasteiger partial charge in [-0.25, -0.2) is 0 Å². The molecule has 10 heteroatoms. The van der Waals surface area contributed by atoms with Gasteiger partial charge < -0.3 is 5.32 Å². The summed E-state index contributed by atoms with van der Waals surface area (Å²) in [6.07, 6.45) is 0.935. The molecule has 0 aliphatic heterocycles. The smallest absolute Gasteiger partial charge is 0.234 e. The molecule has 0 spiro atoms. The lowest BCUT2D eigenvalue weighted by Gasteiger charge is -2.14. The fourth-order valence-electron chi connectivity index (χ4n) is 3.07. The zero-order valence-corrected chi connectivity index (χ0v) is 20.8. The van der Waals surface area contributed by atoms with Gasteiger partial charge in [-0.2, -0.15) is 0 Å². The van der Waals surface area contributed by atoms with Crippen molar-refractivity contribution in [1.29, 1.82) is 0 Å². The first-order valence-electron chi connectivity index (χ1n) is 9.32. The molecule has 0 bridgehead atoms. The second kappa shape index (κ2) is 9.92. The molecule has 0 saturated heterocycles. The number of thiophene rings is 1. The van der Waals surface area contributed by atoms with E-state index in [-0.39, 0.29) is 17.7 Å². The molecular weight excluding hydrogens is 483 g/mol. The van der Waals surface area contributed by atoms with Crippen LogP contribution in [0.5, 0.6) is 0 Å². The van der Waals surface area contributed by atoms with Crippen molar-refractivity contribution in [3.63, 3.8) is 0 Å².